The van der Waals surface area contributed by atoms with E-state index in [-0.39, 0.29) is 23.7 Å². The molecule has 1 aliphatic heterocycles. The van der Waals surface area contributed by atoms with E-state index in [4.69, 9.17) is 16.2 Å². The van der Waals surface area contributed by atoms with Gasteiger partial charge in [-0.15, -0.1) is 0 Å². The summed E-state index contributed by atoms with van der Waals surface area (Å²) in [6.07, 6.45) is 4.49. The van der Waals surface area contributed by atoms with Gasteiger partial charge >= 0.3 is 0 Å². The van der Waals surface area contributed by atoms with Gasteiger partial charge in [-0.25, -0.2) is 9.38 Å². The number of para-hydroxylation sites is 1. The van der Waals surface area contributed by atoms with Crippen LogP contribution >= 0.6 is 0 Å². The molecule has 0 bridgehead atoms. The Bertz CT molecular complexity index is 680. The van der Waals surface area contributed by atoms with Gasteiger partial charge in [-0.05, 0) is 51.7 Å². The Balaban J connectivity index is 2.14. The highest BCUT2D eigenvalue weighted by Gasteiger charge is 2.44. The third-order valence-corrected chi connectivity index (χ3v) is 4.39. The zero-order valence-corrected chi connectivity index (χ0v) is 14.1. The predicted octanol–water partition coefficient (Wildman–Crippen LogP) is 2.72. The molecule has 0 atom stereocenters. The molecule has 0 unspecified atom stereocenters. The summed E-state index contributed by atoms with van der Waals surface area (Å²) in [5, 5.41) is 0. The van der Waals surface area contributed by atoms with Crippen LogP contribution in [0.4, 0.5) is 10.1 Å². The quantitative estimate of drug-likeness (QED) is 0.890. The van der Waals surface area contributed by atoms with E-state index in [0.717, 1.165) is 32.1 Å². The molecule has 0 saturated heterocycles. The first-order valence-corrected chi connectivity index (χ1v) is 8.38. The van der Waals surface area contributed by atoms with Gasteiger partial charge in [-0.2, -0.15) is 4.99 Å². The zero-order valence-electron chi connectivity index (χ0n) is 14.1. The minimum atomic E-state index is -0.689. The van der Waals surface area contributed by atoms with Crippen molar-refractivity contribution < 1.29 is 9.13 Å². The van der Waals surface area contributed by atoms with E-state index in [2.05, 4.69) is 9.98 Å². The number of hydrogen-bond acceptors (Lipinski definition) is 6. The Labute approximate surface area is 141 Å². The lowest BCUT2D eigenvalue weighted by atomic mass is 9.87. The average Bonchev–Trinajstić information content (AvgIpc) is 2.49. The smallest absolute Gasteiger partial charge is 0.220 e. The normalized spacial score (nSPS) is 20.1. The number of guanidine groups is 2. The lowest BCUT2D eigenvalue weighted by molar-refractivity contribution is 0.238. The summed E-state index contributed by atoms with van der Waals surface area (Å²) in [4.78, 5) is 10.3. The molecule has 130 valence electrons. The second-order valence-electron chi connectivity index (χ2n) is 6.57. The minimum absolute atomic E-state index is 0.0932. The molecule has 1 saturated carbocycles. The molecule has 1 heterocycles. The van der Waals surface area contributed by atoms with Crippen molar-refractivity contribution >= 4 is 17.6 Å². The lowest BCUT2D eigenvalue weighted by Crippen LogP contribution is -2.58. The highest BCUT2D eigenvalue weighted by molar-refractivity contribution is 6.06. The highest BCUT2D eigenvalue weighted by atomic mass is 19.1. The summed E-state index contributed by atoms with van der Waals surface area (Å²) in [5.74, 6) is 0.326. The van der Waals surface area contributed by atoms with Gasteiger partial charge in [0.15, 0.2) is 5.82 Å². The van der Waals surface area contributed by atoms with Crippen LogP contribution in [0.2, 0.25) is 0 Å². The average molecular weight is 333 g/mol. The molecule has 3 rings (SSSR count). The fourth-order valence-electron chi connectivity index (χ4n) is 3.51. The van der Waals surface area contributed by atoms with E-state index >= 15 is 0 Å². The number of nitrogens with two attached hydrogens (primary N) is 2. The molecule has 24 heavy (non-hydrogen) atoms. The van der Waals surface area contributed by atoms with Gasteiger partial charge in [0.2, 0.25) is 11.9 Å². The van der Waals surface area contributed by atoms with Crippen LogP contribution in [-0.2, 0) is 0 Å². The number of nitrogens with zero attached hydrogens (tertiary/aromatic N) is 3. The molecule has 1 fully saturated rings. The highest BCUT2D eigenvalue weighted by Crippen LogP contribution is 2.43. The summed E-state index contributed by atoms with van der Waals surface area (Å²) in [6, 6.07) is 4.76. The number of benzene rings is 1. The van der Waals surface area contributed by atoms with Crippen molar-refractivity contribution in [2.75, 3.05) is 4.90 Å². The summed E-state index contributed by atoms with van der Waals surface area (Å²) in [7, 11) is 0. The van der Waals surface area contributed by atoms with Crippen LogP contribution in [0, 0.1) is 5.82 Å². The molecule has 2 aliphatic rings. The summed E-state index contributed by atoms with van der Waals surface area (Å²) < 4.78 is 20.6. The van der Waals surface area contributed by atoms with Crippen LogP contribution in [0.5, 0.6) is 5.75 Å². The van der Waals surface area contributed by atoms with E-state index in [1.54, 1.807) is 17.0 Å². The van der Waals surface area contributed by atoms with Crippen molar-refractivity contribution in [3.8, 4) is 5.75 Å². The Morgan fingerprint density at radius 1 is 1.21 bits per heavy atom. The first kappa shape index (κ1) is 16.5. The standard InChI is InChI=1S/C17H24FN5O/c1-11(2)24-13-8-6-7-12(18)14(13)23-16(20)21-15(19)22-17(23)9-4-3-5-10-17/h6-8,11H,3-5,9-10H2,1-2H3,(H4,19,20,21,22). The fraction of sp³-hybridized carbons (Fsp3) is 0.529. The van der Waals surface area contributed by atoms with Crippen molar-refractivity contribution in [2.24, 2.45) is 21.5 Å². The molecule has 7 heteroatoms. The third-order valence-electron chi connectivity index (χ3n) is 4.39. The first-order chi connectivity index (χ1) is 11.4. The Morgan fingerprint density at radius 2 is 1.92 bits per heavy atom. The van der Waals surface area contributed by atoms with Crippen LogP contribution in [0.25, 0.3) is 0 Å². The van der Waals surface area contributed by atoms with Gasteiger partial charge in [-0.1, -0.05) is 12.5 Å². The van der Waals surface area contributed by atoms with Crippen LogP contribution in [0.1, 0.15) is 46.0 Å². The summed E-state index contributed by atoms with van der Waals surface area (Å²) >= 11 is 0. The summed E-state index contributed by atoms with van der Waals surface area (Å²) in [6.45, 7) is 3.80. The molecule has 1 aromatic rings. The predicted molar refractivity (Wildman–Crippen MR) is 93.7 cm³/mol. The van der Waals surface area contributed by atoms with E-state index in [1.807, 2.05) is 13.8 Å². The maximum absolute atomic E-state index is 14.8. The molecule has 4 N–H and O–H groups in total. The maximum atomic E-state index is 14.8. The van der Waals surface area contributed by atoms with Crippen LogP contribution in [0.3, 0.4) is 0 Å². The molecule has 1 spiro atoms. The molecule has 0 aromatic heterocycles. The molecular weight excluding hydrogens is 309 g/mol. The molecular formula is C17H24FN5O. The number of hydrogen-bond donors (Lipinski definition) is 2. The van der Waals surface area contributed by atoms with Gasteiger partial charge in [-0.3, -0.25) is 4.90 Å². The lowest BCUT2D eigenvalue weighted by Gasteiger charge is -2.46. The van der Waals surface area contributed by atoms with Crippen molar-refractivity contribution in [2.45, 2.75) is 57.7 Å². The van der Waals surface area contributed by atoms with Gasteiger partial charge in [0.1, 0.15) is 17.1 Å². The van der Waals surface area contributed by atoms with E-state index in [1.165, 1.54) is 6.07 Å². The minimum Gasteiger partial charge on any atom is -0.489 e. The van der Waals surface area contributed by atoms with E-state index < -0.39 is 11.5 Å². The number of halogens is 1. The van der Waals surface area contributed by atoms with Gasteiger partial charge in [0.25, 0.3) is 0 Å². The van der Waals surface area contributed by atoms with Crippen molar-refractivity contribution in [1.29, 1.82) is 0 Å². The SMILES string of the molecule is CC(C)Oc1cccc(F)c1N1C(N)=NC(N)=NC12CCCCC2. The number of aliphatic imine (C=N–C) groups is 2. The fourth-order valence-corrected chi connectivity index (χ4v) is 3.51. The number of anilines is 1. The molecule has 6 nitrogen and oxygen atoms in total. The van der Waals surface area contributed by atoms with Crippen molar-refractivity contribution in [1.82, 2.24) is 0 Å². The topological polar surface area (TPSA) is 89.2 Å². The second kappa shape index (κ2) is 6.30. The van der Waals surface area contributed by atoms with Crippen LogP contribution < -0.4 is 21.1 Å². The second-order valence-corrected chi connectivity index (χ2v) is 6.57. The molecule has 0 radical (unpaired) electrons. The van der Waals surface area contributed by atoms with E-state index in [9.17, 15) is 4.39 Å². The zero-order chi connectivity index (χ0) is 17.3. The largest absolute Gasteiger partial charge is 0.489 e. The van der Waals surface area contributed by atoms with E-state index in [0.29, 0.717) is 5.75 Å². The monoisotopic (exact) mass is 333 g/mol. The van der Waals surface area contributed by atoms with Crippen molar-refractivity contribution in [3.05, 3.63) is 24.0 Å². The molecule has 1 aromatic carbocycles. The van der Waals surface area contributed by atoms with Crippen LogP contribution in [0.15, 0.2) is 28.2 Å². The number of ether oxygens (including phenoxy) is 1. The Kier molecular flexibility index (Phi) is 4.34. The molecule has 1 aliphatic carbocycles. The van der Waals surface area contributed by atoms with Crippen LogP contribution in [-0.4, -0.2) is 23.7 Å². The number of rotatable bonds is 3. The Hall–Kier alpha value is -2.31. The molecule has 0 amide bonds. The van der Waals surface area contributed by atoms with Gasteiger partial charge < -0.3 is 16.2 Å². The summed E-state index contributed by atoms with van der Waals surface area (Å²) in [5.41, 5.74) is 11.6. The van der Waals surface area contributed by atoms with Crippen molar-refractivity contribution in [3.63, 3.8) is 0 Å². The Morgan fingerprint density at radius 3 is 2.58 bits per heavy atom. The van der Waals surface area contributed by atoms with Gasteiger partial charge in [0.05, 0.1) is 6.10 Å². The van der Waals surface area contributed by atoms with Gasteiger partial charge in [0, 0.05) is 0 Å². The maximum Gasteiger partial charge on any atom is 0.220 e. The third kappa shape index (κ3) is 2.90. The first-order valence-electron chi connectivity index (χ1n) is 8.38.